The summed E-state index contributed by atoms with van der Waals surface area (Å²) in [5, 5.41) is 20.4. The number of hydrogen-bond donors (Lipinski definition) is 2. The van der Waals surface area contributed by atoms with Crippen LogP contribution in [0, 0.1) is 0 Å². The number of benzene rings is 3. The van der Waals surface area contributed by atoms with E-state index < -0.39 is 16.8 Å². The number of carboxylic acid groups (broad SMARTS) is 1. The van der Waals surface area contributed by atoms with Crippen molar-refractivity contribution in [3.8, 4) is 0 Å². The predicted octanol–water partition coefficient (Wildman–Crippen LogP) is 3.20. The SMILES string of the molecule is O=C(O)c1ccccc1[S@@](=O)c1cccc2cccc(CO)c12. The molecule has 1 atom stereocenters. The van der Waals surface area contributed by atoms with Crippen molar-refractivity contribution in [3.63, 3.8) is 0 Å². The minimum absolute atomic E-state index is 0.0179. The van der Waals surface area contributed by atoms with E-state index in [-0.39, 0.29) is 17.1 Å². The van der Waals surface area contributed by atoms with E-state index in [9.17, 15) is 19.2 Å². The Kier molecular flexibility index (Phi) is 4.23. The van der Waals surface area contributed by atoms with Gasteiger partial charge in [-0.3, -0.25) is 0 Å². The zero-order valence-electron chi connectivity index (χ0n) is 12.1. The number of rotatable bonds is 4. The van der Waals surface area contributed by atoms with Gasteiger partial charge in [0.2, 0.25) is 0 Å². The smallest absolute Gasteiger partial charge is 0.336 e. The van der Waals surface area contributed by atoms with Gasteiger partial charge in [-0.25, -0.2) is 9.00 Å². The van der Waals surface area contributed by atoms with Crippen molar-refractivity contribution in [2.45, 2.75) is 16.4 Å². The number of aliphatic hydroxyl groups excluding tert-OH is 1. The topological polar surface area (TPSA) is 74.6 Å². The summed E-state index contributed by atoms with van der Waals surface area (Å²) in [6.07, 6.45) is 0. The summed E-state index contributed by atoms with van der Waals surface area (Å²) >= 11 is 0. The Morgan fingerprint density at radius 1 is 0.913 bits per heavy atom. The van der Waals surface area contributed by atoms with Crippen LogP contribution in [-0.4, -0.2) is 20.4 Å². The van der Waals surface area contributed by atoms with E-state index in [2.05, 4.69) is 0 Å². The molecular weight excluding hydrogens is 312 g/mol. The van der Waals surface area contributed by atoms with Gasteiger partial charge in [0.05, 0.1) is 32.8 Å². The van der Waals surface area contributed by atoms with E-state index >= 15 is 0 Å². The second-order valence-corrected chi connectivity index (χ2v) is 6.42. The van der Waals surface area contributed by atoms with Gasteiger partial charge in [0.1, 0.15) is 0 Å². The maximum absolute atomic E-state index is 13.0. The molecule has 116 valence electrons. The van der Waals surface area contributed by atoms with Gasteiger partial charge in [0, 0.05) is 5.39 Å². The normalized spacial score (nSPS) is 12.2. The highest BCUT2D eigenvalue weighted by atomic mass is 32.2. The van der Waals surface area contributed by atoms with Crippen molar-refractivity contribution in [1.82, 2.24) is 0 Å². The maximum atomic E-state index is 13.0. The Morgan fingerprint density at radius 2 is 1.57 bits per heavy atom. The van der Waals surface area contributed by atoms with E-state index in [1.807, 2.05) is 18.2 Å². The van der Waals surface area contributed by atoms with Gasteiger partial charge < -0.3 is 10.2 Å². The molecule has 0 aliphatic rings. The van der Waals surface area contributed by atoms with Crippen molar-refractivity contribution in [3.05, 3.63) is 71.8 Å². The first-order chi connectivity index (χ1) is 11.1. The van der Waals surface area contributed by atoms with Crippen LogP contribution in [0.3, 0.4) is 0 Å². The minimum atomic E-state index is -1.66. The van der Waals surface area contributed by atoms with Crippen molar-refractivity contribution >= 4 is 27.5 Å². The van der Waals surface area contributed by atoms with Crippen LogP contribution < -0.4 is 0 Å². The molecule has 0 aliphatic carbocycles. The van der Waals surface area contributed by atoms with E-state index in [0.29, 0.717) is 15.8 Å². The molecule has 2 N–H and O–H groups in total. The van der Waals surface area contributed by atoms with Crippen LogP contribution in [0.2, 0.25) is 0 Å². The molecule has 0 radical (unpaired) electrons. The highest BCUT2D eigenvalue weighted by Gasteiger charge is 2.19. The minimum Gasteiger partial charge on any atom is -0.478 e. The first-order valence-corrected chi connectivity index (χ1v) is 8.14. The lowest BCUT2D eigenvalue weighted by Crippen LogP contribution is -2.05. The molecule has 0 heterocycles. The Hall–Kier alpha value is -2.50. The third-order valence-corrected chi connectivity index (χ3v) is 5.14. The lowest BCUT2D eigenvalue weighted by molar-refractivity contribution is 0.0693. The summed E-state index contributed by atoms with van der Waals surface area (Å²) in [5.41, 5.74) is 0.684. The van der Waals surface area contributed by atoms with Crippen molar-refractivity contribution in [2.75, 3.05) is 0 Å². The van der Waals surface area contributed by atoms with Crippen LogP contribution >= 0.6 is 0 Å². The van der Waals surface area contributed by atoms with Gasteiger partial charge in [-0.2, -0.15) is 0 Å². The monoisotopic (exact) mass is 326 g/mol. The van der Waals surface area contributed by atoms with Crippen LogP contribution in [0.15, 0.2) is 70.5 Å². The number of aromatic carboxylic acids is 1. The highest BCUT2D eigenvalue weighted by Crippen LogP contribution is 2.29. The predicted molar refractivity (Wildman–Crippen MR) is 87.9 cm³/mol. The molecule has 0 spiro atoms. The molecule has 3 aromatic rings. The fourth-order valence-electron chi connectivity index (χ4n) is 2.59. The van der Waals surface area contributed by atoms with Crippen LogP contribution in [0.4, 0.5) is 0 Å². The van der Waals surface area contributed by atoms with Gasteiger partial charge in [0.25, 0.3) is 0 Å². The van der Waals surface area contributed by atoms with Gasteiger partial charge in [-0.15, -0.1) is 0 Å². The molecule has 3 aromatic carbocycles. The lowest BCUT2D eigenvalue weighted by Gasteiger charge is -2.11. The van der Waals surface area contributed by atoms with Gasteiger partial charge in [-0.1, -0.05) is 42.5 Å². The fraction of sp³-hybridized carbons (Fsp3) is 0.0556. The summed E-state index contributed by atoms with van der Waals surface area (Å²) in [6, 6.07) is 17.1. The molecule has 3 rings (SSSR count). The van der Waals surface area contributed by atoms with Gasteiger partial charge >= 0.3 is 5.97 Å². The molecule has 0 saturated carbocycles. The van der Waals surface area contributed by atoms with Gasteiger partial charge in [0.15, 0.2) is 0 Å². The first kappa shape index (κ1) is 15.4. The van der Waals surface area contributed by atoms with Crippen molar-refractivity contribution in [1.29, 1.82) is 0 Å². The molecule has 0 bridgehead atoms. The van der Waals surface area contributed by atoms with Crippen LogP contribution in [0.5, 0.6) is 0 Å². The number of hydrogen-bond acceptors (Lipinski definition) is 3. The Balaban J connectivity index is 2.26. The number of carboxylic acids is 1. The second-order valence-electron chi connectivity index (χ2n) is 5.00. The maximum Gasteiger partial charge on any atom is 0.336 e. The Bertz CT molecular complexity index is 913. The average Bonchev–Trinajstić information content (AvgIpc) is 2.60. The third kappa shape index (κ3) is 2.76. The zero-order chi connectivity index (χ0) is 16.4. The second kappa shape index (κ2) is 6.32. The van der Waals surface area contributed by atoms with Crippen molar-refractivity contribution in [2.24, 2.45) is 0 Å². The average molecular weight is 326 g/mol. The third-order valence-electron chi connectivity index (χ3n) is 3.64. The molecule has 0 unspecified atom stereocenters. The number of fused-ring (bicyclic) bond motifs is 1. The Morgan fingerprint density at radius 3 is 2.26 bits per heavy atom. The largest absolute Gasteiger partial charge is 0.478 e. The Labute approximate surface area is 135 Å². The van der Waals surface area contributed by atoms with E-state index in [1.165, 1.54) is 6.07 Å². The summed E-state index contributed by atoms with van der Waals surface area (Å²) in [6.45, 7) is -0.174. The lowest BCUT2D eigenvalue weighted by atomic mass is 10.1. The summed E-state index contributed by atoms with van der Waals surface area (Å²) in [7, 11) is -1.66. The summed E-state index contributed by atoms with van der Waals surface area (Å²) < 4.78 is 13.0. The number of aliphatic hydroxyl groups is 1. The molecular formula is C18H14O4S. The zero-order valence-corrected chi connectivity index (χ0v) is 12.9. The number of carbonyl (C=O) groups is 1. The summed E-state index contributed by atoms with van der Waals surface area (Å²) in [5.74, 6) is -1.11. The molecule has 0 amide bonds. The quantitative estimate of drug-likeness (QED) is 0.772. The molecule has 23 heavy (non-hydrogen) atoms. The highest BCUT2D eigenvalue weighted by molar-refractivity contribution is 7.85. The van der Waals surface area contributed by atoms with E-state index in [1.54, 1.807) is 36.4 Å². The van der Waals surface area contributed by atoms with Crippen LogP contribution in [0.1, 0.15) is 15.9 Å². The van der Waals surface area contributed by atoms with Crippen LogP contribution in [0.25, 0.3) is 10.8 Å². The van der Waals surface area contributed by atoms with E-state index in [0.717, 1.165) is 5.39 Å². The van der Waals surface area contributed by atoms with Crippen molar-refractivity contribution < 1.29 is 19.2 Å². The molecule has 5 heteroatoms. The molecule has 4 nitrogen and oxygen atoms in total. The molecule has 0 aromatic heterocycles. The summed E-state index contributed by atoms with van der Waals surface area (Å²) in [4.78, 5) is 12.1. The van der Waals surface area contributed by atoms with Gasteiger partial charge in [-0.05, 0) is 29.1 Å². The van der Waals surface area contributed by atoms with Crippen LogP contribution in [-0.2, 0) is 17.4 Å². The fourth-order valence-corrected chi connectivity index (χ4v) is 4.02. The van der Waals surface area contributed by atoms with E-state index in [4.69, 9.17) is 0 Å². The standard InChI is InChI=1S/C18H14O4S/c19-11-13-7-3-5-12-6-4-10-16(17(12)13)23(22)15-9-2-1-8-14(15)18(20)21/h1-10,19H,11H2,(H,20,21)/t23-/m1/s1. The molecule has 0 aliphatic heterocycles. The molecule has 0 fully saturated rings. The first-order valence-electron chi connectivity index (χ1n) is 6.99. The molecule has 0 saturated heterocycles.